The van der Waals surface area contributed by atoms with Gasteiger partial charge in [0.2, 0.25) is 0 Å². The van der Waals surface area contributed by atoms with Crippen LogP contribution in [0.5, 0.6) is 17.2 Å². The Balaban J connectivity index is 1.41. The summed E-state index contributed by atoms with van der Waals surface area (Å²) >= 11 is 0. The van der Waals surface area contributed by atoms with E-state index < -0.39 is 11.9 Å². The van der Waals surface area contributed by atoms with Crippen LogP contribution in [0, 0.1) is 0 Å². The number of aromatic hydroxyl groups is 1. The molecule has 3 aromatic rings. The summed E-state index contributed by atoms with van der Waals surface area (Å²) in [6.07, 6.45) is 0.932. The molecule has 0 saturated heterocycles. The monoisotopic (exact) mass is 525 g/mol. The van der Waals surface area contributed by atoms with Crippen LogP contribution >= 0.6 is 0 Å². The molecule has 1 aliphatic heterocycles. The normalized spacial score (nSPS) is 18.8. The number of rotatable bonds is 8. The number of carbonyl (C=O) groups is 2. The highest BCUT2D eigenvalue weighted by atomic mass is 16.6. The highest BCUT2D eigenvalue weighted by molar-refractivity contribution is 6.04. The summed E-state index contributed by atoms with van der Waals surface area (Å²) in [5.41, 5.74) is 4.03. The second kappa shape index (κ2) is 11.5. The summed E-state index contributed by atoms with van der Waals surface area (Å²) in [5.74, 6) is 0.293. The van der Waals surface area contributed by atoms with E-state index in [0.717, 1.165) is 17.0 Å². The van der Waals surface area contributed by atoms with Crippen LogP contribution in [0.4, 0.5) is 0 Å². The second-order valence-corrected chi connectivity index (χ2v) is 9.68. The van der Waals surface area contributed by atoms with Crippen molar-refractivity contribution in [2.24, 2.45) is 0 Å². The number of Topliss-reactive ketones (excluding diaryl/α,β-unsaturated/α-hetero) is 1. The molecule has 0 saturated carbocycles. The molecule has 39 heavy (non-hydrogen) atoms. The number of carbonyl (C=O) groups excluding carboxylic acids is 2. The van der Waals surface area contributed by atoms with Crippen LogP contribution in [0.3, 0.4) is 0 Å². The summed E-state index contributed by atoms with van der Waals surface area (Å²) < 4.78 is 16.5. The zero-order valence-electron chi connectivity index (χ0n) is 22.0. The first-order valence-electron chi connectivity index (χ1n) is 13.0. The zero-order chi connectivity index (χ0) is 27.4. The molecule has 1 heterocycles. The van der Waals surface area contributed by atoms with Gasteiger partial charge in [0.1, 0.15) is 30.5 Å². The minimum absolute atomic E-state index is 0.00378. The first kappa shape index (κ1) is 26.1. The fraction of sp³-hybridized carbons (Fsp3) is 0.250. The number of methoxy groups -OCH3 is 1. The Morgan fingerprint density at radius 3 is 2.41 bits per heavy atom. The van der Waals surface area contributed by atoms with Gasteiger partial charge in [-0.1, -0.05) is 42.5 Å². The molecule has 0 aromatic heterocycles. The van der Waals surface area contributed by atoms with E-state index in [4.69, 9.17) is 14.2 Å². The van der Waals surface area contributed by atoms with E-state index >= 15 is 0 Å². The molecule has 0 fully saturated rings. The maximum Gasteiger partial charge on any atom is 0.336 e. The molecule has 0 unspecified atom stereocenters. The van der Waals surface area contributed by atoms with Crippen molar-refractivity contribution in [2.45, 2.75) is 31.6 Å². The molecule has 7 heteroatoms. The Labute approximate surface area is 227 Å². The number of hydrogen-bond acceptors (Lipinski definition) is 7. The minimum Gasteiger partial charge on any atom is -0.508 e. The molecule has 2 N–H and O–H groups in total. The third-order valence-corrected chi connectivity index (χ3v) is 7.17. The molecule has 3 aromatic carbocycles. The van der Waals surface area contributed by atoms with Crippen LogP contribution in [-0.4, -0.2) is 37.2 Å². The smallest absolute Gasteiger partial charge is 0.336 e. The maximum absolute atomic E-state index is 13.7. The second-order valence-electron chi connectivity index (χ2n) is 9.68. The molecular weight excluding hydrogens is 494 g/mol. The number of phenols is 1. The van der Waals surface area contributed by atoms with E-state index in [1.807, 2.05) is 67.6 Å². The lowest BCUT2D eigenvalue weighted by Crippen LogP contribution is -2.36. The quantitative estimate of drug-likeness (QED) is 0.301. The van der Waals surface area contributed by atoms with Crippen LogP contribution in [-0.2, 0) is 14.3 Å². The minimum atomic E-state index is -0.653. The number of para-hydroxylation sites is 1. The van der Waals surface area contributed by atoms with Gasteiger partial charge in [0.05, 0.1) is 12.7 Å². The van der Waals surface area contributed by atoms with Gasteiger partial charge in [-0.15, -0.1) is 0 Å². The number of esters is 1. The molecule has 0 radical (unpaired) electrons. The lowest BCUT2D eigenvalue weighted by molar-refractivity contribution is -0.140. The van der Waals surface area contributed by atoms with Crippen molar-refractivity contribution in [3.05, 3.63) is 113 Å². The predicted molar refractivity (Wildman–Crippen MR) is 147 cm³/mol. The third kappa shape index (κ3) is 5.67. The van der Waals surface area contributed by atoms with Gasteiger partial charge in [0.25, 0.3) is 0 Å². The third-order valence-electron chi connectivity index (χ3n) is 7.17. The molecular formula is C32H31NO6. The maximum atomic E-state index is 13.7. The van der Waals surface area contributed by atoms with Crippen molar-refractivity contribution in [1.82, 2.24) is 5.32 Å². The van der Waals surface area contributed by atoms with Crippen molar-refractivity contribution >= 4 is 11.8 Å². The Bertz CT molecular complexity index is 1420. The predicted octanol–water partition coefficient (Wildman–Crippen LogP) is 5.38. The van der Waals surface area contributed by atoms with Gasteiger partial charge in [-0.05, 0) is 66.8 Å². The molecule has 0 bridgehead atoms. The van der Waals surface area contributed by atoms with Crippen LogP contribution < -0.4 is 14.8 Å². The number of phenolic OH excluding ortho intramolecular Hbond substituents is 1. The number of nitrogens with one attached hydrogen (secondary N) is 1. The number of allylic oxidation sites excluding steroid dienone is 3. The van der Waals surface area contributed by atoms with Crippen molar-refractivity contribution in [1.29, 1.82) is 0 Å². The highest BCUT2D eigenvalue weighted by Crippen LogP contribution is 2.46. The summed E-state index contributed by atoms with van der Waals surface area (Å²) in [4.78, 5) is 27.1. The van der Waals surface area contributed by atoms with Crippen molar-refractivity contribution in [2.75, 3.05) is 20.3 Å². The van der Waals surface area contributed by atoms with E-state index in [-0.39, 0.29) is 30.7 Å². The van der Waals surface area contributed by atoms with Gasteiger partial charge in [-0.2, -0.15) is 0 Å². The van der Waals surface area contributed by atoms with E-state index in [9.17, 15) is 14.7 Å². The van der Waals surface area contributed by atoms with Crippen LogP contribution in [0.15, 0.2) is 101 Å². The van der Waals surface area contributed by atoms with Gasteiger partial charge < -0.3 is 24.6 Å². The number of ether oxygens (including phenoxy) is 3. The van der Waals surface area contributed by atoms with Gasteiger partial charge >= 0.3 is 5.97 Å². The lowest BCUT2D eigenvalue weighted by Gasteiger charge is -2.36. The van der Waals surface area contributed by atoms with Crippen LogP contribution in [0.1, 0.15) is 42.7 Å². The number of hydrogen-bond donors (Lipinski definition) is 2. The fourth-order valence-corrected chi connectivity index (χ4v) is 5.35. The van der Waals surface area contributed by atoms with Crippen molar-refractivity contribution < 1.29 is 28.9 Å². The summed E-state index contributed by atoms with van der Waals surface area (Å²) in [6, 6.07) is 23.8. The molecule has 2 atom stereocenters. The largest absolute Gasteiger partial charge is 0.508 e. The van der Waals surface area contributed by atoms with E-state index in [0.29, 0.717) is 41.0 Å². The number of ketones is 1. The first-order chi connectivity index (χ1) is 18.9. The average Bonchev–Trinajstić information content (AvgIpc) is 2.95. The van der Waals surface area contributed by atoms with E-state index in [2.05, 4.69) is 5.32 Å². The van der Waals surface area contributed by atoms with Gasteiger partial charge in [-0.3, -0.25) is 4.79 Å². The van der Waals surface area contributed by atoms with Gasteiger partial charge in [0, 0.05) is 29.3 Å². The highest BCUT2D eigenvalue weighted by Gasteiger charge is 2.41. The molecule has 2 aliphatic rings. The van der Waals surface area contributed by atoms with Gasteiger partial charge in [-0.25, -0.2) is 4.79 Å². The SMILES string of the molecule is COc1ccc([C@@H]2CC(=O)C3=C(C2)NC(C)=C(C(=O)OCCOc2ccccc2)[C@H]3c2cccc(O)c2)cc1. The summed E-state index contributed by atoms with van der Waals surface area (Å²) in [5, 5.41) is 13.6. The van der Waals surface area contributed by atoms with E-state index in [1.165, 1.54) is 0 Å². The molecule has 5 rings (SSSR count). The molecule has 0 spiro atoms. The number of dihydropyridines is 1. The average molecular weight is 526 g/mol. The van der Waals surface area contributed by atoms with E-state index in [1.54, 1.807) is 25.3 Å². The zero-order valence-corrected chi connectivity index (χ0v) is 22.0. The van der Waals surface area contributed by atoms with Crippen LogP contribution in [0.25, 0.3) is 0 Å². The van der Waals surface area contributed by atoms with Crippen LogP contribution in [0.2, 0.25) is 0 Å². The molecule has 7 nitrogen and oxygen atoms in total. The molecule has 200 valence electrons. The van der Waals surface area contributed by atoms with Crippen molar-refractivity contribution in [3.8, 4) is 17.2 Å². The van der Waals surface area contributed by atoms with Crippen molar-refractivity contribution in [3.63, 3.8) is 0 Å². The topological polar surface area (TPSA) is 94.1 Å². The number of benzene rings is 3. The summed E-state index contributed by atoms with van der Waals surface area (Å²) in [7, 11) is 1.62. The lowest BCUT2D eigenvalue weighted by atomic mass is 9.71. The standard InChI is InChI=1S/C32H31NO6/c1-20-29(32(36)39-16-15-38-26-9-4-3-5-10-26)30(22-7-6-8-24(34)17-22)31-27(33-20)18-23(19-28(31)35)21-11-13-25(37-2)14-12-21/h3-14,17,23,30,33-34H,15-16,18-19H2,1-2H3/t23-,30+/m0/s1. The first-order valence-corrected chi connectivity index (χ1v) is 13.0. The molecule has 0 amide bonds. The Kier molecular flexibility index (Phi) is 7.68. The molecule has 1 aliphatic carbocycles. The Hall–Kier alpha value is -4.52. The Morgan fingerprint density at radius 1 is 0.923 bits per heavy atom. The Morgan fingerprint density at radius 2 is 1.69 bits per heavy atom. The van der Waals surface area contributed by atoms with Gasteiger partial charge in [0.15, 0.2) is 5.78 Å². The fourth-order valence-electron chi connectivity index (χ4n) is 5.35. The summed E-state index contributed by atoms with van der Waals surface area (Å²) in [6.45, 7) is 2.07.